The Kier molecular flexibility index (Phi) is 49.1. The maximum absolute atomic E-state index is 13.0. The molecule has 1 aliphatic heterocycles. The lowest BCUT2D eigenvalue weighted by molar-refractivity contribution is -0.302. The summed E-state index contributed by atoms with van der Waals surface area (Å²) in [6.07, 6.45) is 57.6. The van der Waals surface area contributed by atoms with Crippen LogP contribution < -0.4 is 5.32 Å². The number of carbonyl (C=O) groups excluding carboxylic acids is 2. The van der Waals surface area contributed by atoms with Crippen LogP contribution in [0.1, 0.15) is 264 Å². The number of nitrogens with one attached hydrogen (secondary N) is 1. The molecule has 0 saturated carbocycles. The number of aliphatic hydroxyl groups is 5. The Balaban J connectivity index is 2.01. The molecule has 1 rings (SSSR count). The molecule has 74 heavy (non-hydrogen) atoms. The monoisotopic (exact) mass is 1040 g/mol. The summed E-state index contributed by atoms with van der Waals surface area (Å²) < 4.78 is 16.7. The second kappa shape index (κ2) is 52.4. The van der Waals surface area contributed by atoms with Gasteiger partial charge in [-0.05, 0) is 103 Å². The summed E-state index contributed by atoms with van der Waals surface area (Å²) in [5, 5.41) is 54.1. The molecular weight excluding hydrogens is 931 g/mol. The lowest BCUT2D eigenvalue weighted by atomic mass is 9.99. The van der Waals surface area contributed by atoms with E-state index in [2.05, 4.69) is 67.8 Å². The molecule has 11 nitrogen and oxygen atoms in total. The van der Waals surface area contributed by atoms with Gasteiger partial charge in [0.25, 0.3) is 0 Å². The second-order valence-corrected chi connectivity index (χ2v) is 21.0. The molecule has 11 heteroatoms. The van der Waals surface area contributed by atoms with Crippen molar-refractivity contribution >= 4 is 11.9 Å². The van der Waals surface area contributed by atoms with E-state index >= 15 is 0 Å². The number of amides is 1. The summed E-state index contributed by atoms with van der Waals surface area (Å²) in [5.41, 5.74) is 0. The third-order valence-corrected chi connectivity index (χ3v) is 14.1. The summed E-state index contributed by atoms with van der Waals surface area (Å²) in [5.74, 6) is -0.221. The van der Waals surface area contributed by atoms with Crippen molar-refractivity contribution < 1.29 is 49.3 Å². The average Bonchev–Trinajstić information content (AvgIpc) is 3.40. The summed E-state index contributed by atoms with van der Waals surface area (Å²) in [4.78, 5) is 25.1. The minimum absolute atomic E-state index is 0.0169. The van der Waals surface area contributed by atoms with Crippen LogP contribution in [0.4, 0.5) is 0 Å². The highest BCUT2D eigenvalue weighted by atomic mass is 16.7. The fourth-order valence-electron chi connectivity index (χ4n) is 9.18. The first-order valence-corrected chi connectivity index (χ1v) is 30.6. The van der Waals surface area contributed by atoms with E-state index in [4.69, 9.17) is 14.2 Å². The number of esters is 1. The average molecular weight is 1040 g/mol. The Morgan fingerprint density at radius 3 is 1.42 bits per heavy atom. The Morgan fingerprint density at radius 1 is 0.500 bits per heavy atom. The Hall–Kier alpha value is -2.64. The molecule has 0 aromatic heterocycles. The van der Waals surface area contributed by atoms with Gasteiger partial charge in [0, 0.05) is 12.8 Å². The normalized spacial score (nSPS) is 19.3. The van der Waals surface area contributed by atoms with E-state index in [-0.39, 0.29) is 18.5 Å². The largest absolute Gasteiger partial charge is 0.466 e. The molecule has 1 saturated heterocycles. The maximum atomic E-state index is 13.0. The highest BCUT2D eigenvalue weighted by molar-refractivity contribution is 5.76. The fourth-order valence-corrected chi connectivity index (χ4v) is 9.18. The third-order valence-electron chi connectivity index (χ3n) is 14.1. The van der Waals surface area contributed by atoms with Crippen LogP contribution in [0.25, 0.3) is 0 Å². The van der Waals surface area contributed by atoms with E-state index in [0.717, 1.165) is 83.5 Å². The van der Waals surface area contributed by atoms with Crippen LogP contribution in [0.15, 0.2) is 60.8 Å². The topological polar surface area (TPSA) is 175 Å². The molecule has 6 N–H and O–H groups in total. The molecule has 0 radical (unpaired) electrons. The zero-order valence-corrected chi connectivity index (χ0v) is 47.3. The zero-order valence-electron chi connectivity index (χ0n) is 47.3. The molecule has 1 heterocycles. The van der Waals surface area contributed by atoms with Gasteiger partial charge in [-0.1, -0.05) is 209 Å². The van der Waals surface area contributed by atoms with Crippen molar-refractivity contribution in [3.05, 3.63) is 60.8 Å². The number of carbonyl (C=O) groups is 2. The fraction of sp³-hybridized carbons (Fsp3) is 0.810. The molecule has 1 amide bonds. The van der Waals surface area contributed by atoms with Crippen molar-refractivity contribution in [2.45, 2.75) is 307 Å². The lowest BCUT2D eigenvalue weighted by Gasteiger charge is -2.40. The van der Waals surface area contributed by atoms with Crippen LogP contribution >= 0.6 is 0 Å². The molecule has 0 aliphatic carbocycles. The third kappa shape index (κ3) is 41.5. The molecule has 1 fully saturated rings. The van der Waals surface area contributed by atoms with E-state index in [9.17, 15) is 35.1 Å². The first-order chi connectivity index (χ1) is 36.2. The van der Waals surface area contributed by atoms with Gasteiger partial charge in [-0.2, -0.15) is 0 Å². The minimum Gasteiger partial charge on any atom is -0.466 e. The molecule has 7 atom stereocenters. The Morgan fingerprint density at radius 2 is 0.919 bits per heavy atom. The number of unbranched alkanes of at least 4 members (excludes halogenated alkanes) is 30. The lowest BCUT2D eigenvalue weighted by Crippen LogP contribution is -2.60. The van der Waals surface area contributed by atoms with Crippen LogP contribution in [-0.4, -0.2) is 100 Å². The number of aliphatic hydroxyl groups excluding tert-OH is 5. The summed E-state index contributed by atoms with van der Waals surface area (Å²) >= 11 is 0. The van der Waals surface area contributed by atoms with Gasteiger partial charge in [-0.25, -0.2) is 0 Å². The highest BCUT2D eigenvalue weighted by Crippen LogP contribution is 2.23. The van der Waals surface area contributed by atoms with Gasteiger partial charge in [0.1, 0.15) is 24.4 Å². The van der Waals surface area contributed by atoms with Gasteiger partial charge in [-0.15, -0.1) is 0 Å². The molecule has 7 unspecified atom stereocenters. The van der Waals surface area contributed by atoms with Crippen LogP contribution in [0, 0.1) is 0 Å². The number of rotatable bonds is 52. The summed E-state index contributed by atoms with van der Waals surface area (Å²) in [7, 11) is 0. The van der Waals surface area contributed by atoms with Crippen molar-refractivity contribution in [3.8, 4) is 0 Å². The zero-order chi connectivity index (χ0) is 53.8. The minimum atomic E-state index is -1.58. The van der Waals surface area contributed by atoms with E-state index in [1.807, 2.05) is 6.08 Å². The number of ether oxygens (including phenoxy) is 3. The van der Waals surface area contributed by atoms with Crippen LogP contribution in [0.2, 0.25) is 0 Å². The Bertz CT molecular complexity index is 1410. The smallest absolute Gasteiger partial charge is 0.305 e. The highest BCUT2D eigenvalue weighted by Gasteiger charge is 2.44. The molecule has 0 aromatic rings. The number of hydrogen-bond acceptors (Lipinski definition) is 10. The van der Waals surface area contributed by atoms with Gasteiger partial charge in [0.2, 0.25) is 5.91 Å². The number of allylic oxidation sites excluding steroid dienone is 9. The molecular formula is C63H113NO10. The standard InChI is InChI=1S/C63H113NO10/c1-3-5-7-9-11-13-14-15-16-21-25-28-31-35-39-43-47-51-59(68)72-52-48-44-40-36-32-29-26-23-20-18-17-19-22-24-27-30-34-38-42-46-50-58(67)64-55(56(66)49-45-41-37-33-12-10-8-6-4-2)54-73-63-62(71)61(70)60(69)57(53-65)74-63/h11-13,15-17,19,33,45,49,55-57,60-63,65-66,69-71H,3-10,14,18,20-32,34-44,46-48,50-54H2,1-2H3,(H,64,67)/b13-11-,16-15-,19-17-,33-12+,49-45+. The van der Waals surface area contributed by atoms with Crippen LogP contribution in [0.3, 0.4) is 0 Å². The molecule has 0 bridgehead atoms. The van der Waals surface area contributed by atoms with Gasteiger partial charge in [0.05, 0.1) is 32.0 Å². The van der Waals surface area contributed by atoms with Crippen LogP contribution in [-0.2, 0) is 23.8 Å². The van der Waals surface area contributed by atoms with Gasteiger partial charge >= 0.3 is 5.97 Å². The van der Waals surface area contributed by atoms with Crippen molar-refractivity contribution in [2.24, 2.45) is 0 Å². The second-order valence-electron chi connectivity index (χ2n) is 21.0. The van der Waals surface area contributed by atoms with Gasteiger partial charge < -0.3 is 45.1 Å². The van der Waals surface area contributed by atoms with Crippen molar-refractivity contribution in [3.63, 3.8) is 0 Å². The Labute approximate surface area is 452 Å². The van der Waals surface area contributed by atoms with Crippen molar-refractivity contribution in [1.82, 2.24) is 5.32 Å². The molecule has 430 valence electrons. The number of hydrogen-bond donors (Lipinski definition) is 6. The van der Waals surface area contributed by atoms with Crippen molar-refractivity contribution in [1.29, 1.82) is 0 Å². The first kappa shape index (κ1) is 69.4. The predicted octanol–water partition coefficient (Wildman–Crippen LogP) is 14.2. The molecule has 0 aromatic carbocycles. The first-order valence-electron chi connectivity index (χ1n) is 30.6. The van der Waals surface area contributed by atoms with E-state index in [1.54, 1.807) is 6.08 Å². The quantitative estimate of drug-likeness (QED) is 0.0195. The summed E-state index contributed by atoms with van der Waals surface area (Å²) in [6.45, 7) is 4.23. The molecule has 0 spiro atoms. The van der Waals surface area contributed by atoms with Crippen LogP contribution in [0.5, 0.6) is 0 Å². The summed E-state index contributed by atoms with van der Waals surface area (Å²) in [6, 6.07) is -0.834. The SMILES string of the molecule is CCCCC/C=C\C/C=C\CCCCCCCCCC(=O)OCCCCCCCCCCC/C=C\CCCCCCCCCC(=O)NC(COC1OC(CO)C(O)C(O)C1O)C(O)/C=C/CC/C=C/CCCCC. The van der Waals surface area contributed by atoms with Gasteiger partial charge in [0.15, 0.2) is 6.29 Å². The maximum Gasteiger partial charge on any atom is 0.305 e. The molecule has 1 aliphatic rings. The predicted molar refractivity (Wildman–Crippen MR) is 306 cm³/mol. The van der Waals surface area contributed by atoms with E-state index < -0.39 is 49.5 Å². The van der Waals surface area contributed by atoms with E-state index in [1.165, 1.54) is 154 Å². The van der Waals surface area contributed by atoms with Crippen molar-refractivity contribution in [2.75, 3.05) is 19.8 Å². The van der Waals surface area contributed by atoms with E-state index in [0.29, 0.717) is 19.4 Å². The van der Waals surface area contributed by atoms with Gasteiger partial charge in [-0.3, -0.25) is 9.59 Å².